The molecule has 22 heavy (non-hydrogen) atoms. The Kier molecular flexibility index (Phi) is 5.96. The van der Waals surface area contributed by atoms with Crippen LogP contribution in [0.2, 0.25) is 0 Å². The van der Waals surface area contributed by atoms with Crippen LogP contribution in [0, 0.1) is 5.92 Å². The SMILES string of the molecule is CC[C@@H](C)[C@H](NC(=O)c1ccccc1C(F)(F)F)C(=O)OC. The van der Waals surface area contributed by atoms with E-state index in [1.54, 1.807) is 13.8 Å². The number of alkyl halides is 3. The summed E-state index contributed by atoms with van der Waals surface area (Å²) in [6.07, 6.45) is -4.09. The molecule has 0 unspecified atom stereocenters. The molecule has 0 heterocycles. The van der Waals surface area contributed by atoms with Crippen LogP contribution >= 0.6 is 0 Å². The molecule has 122 valence electrons. The Labute approximate surface area is 126 Å². The smallest absolute Gasteiger partial charge is 0.417 e. The fourth-order valence-electron chi connectivity index (χ4n) is 1.94. The summed E-state index contributed by atoms with van der Waals surface area (Å²) in [7, 11) is 1.16. The van der Waals surface area contributed by atoms with E-state index in [1.165, 1.54) is 12.1 Å². The van der Waals surface area contributed by atoms with Crippen LogP contribution in [-0.4, -0.2) is 25.0 Å². The van der Waals surface area contributed by atoms with Gasteiger partial charge in [-0.25, -0.2) is 4.79 Å². The number of benzene rings is 1. The lowest BCUT2D eigenvalue weighted by atomic mass is 9.98. The van der Waals surface area contributed by atoms with Gasteiger partial charge in [-0.05, 0) is 18.1 Å². The summed E-state index contributed by atoms with van der Waals surface area (Å²) in [5.41, 5.74) is -1.56. The average Bonchev–Trinajstić information content (AvgIpc) is 2.50. The van der Waals surface area contributed by atoms with E-state index in [0.29, 0.717) is 6.42 Å². The summed E-state index contributed by atoms with van der Waals surface area (Å²) >= 11 is 0. The highest BCUT2D eigenvalue weighted by Crippen LogP contribution is 2.31. The lowest BCUT2D eigenvalue weighted by Gasteiger charge is -2.22. The van der Waals surface area contributed by atoms with Gasteiger partial charge in [0.15, 0.2) is 0 Å². The number of esters is 1. The van der Waals surface area contributed by atoms with Gasteiger partial charge in [-0.3, -0.25) is 4.79 Å². The van der Waals surface area contributed by atoms with Crippen molar-refractivity contribution in [1.82, 2.24) is 5.32 Å². The Hall–Kier alpha value is -2.05. The number of carbonyl (C=O) groups is 2. The average molecular weight is 317 g/mol. The van der Waals surface area contributed by atoms with Crippen LogP contribution in [0.1, 0.15) is 36.2 Å². The molecule has 0 saturated carbocycles. The fourth-order valence-corrected chi connectivity index (χ4v) is 1.94. The molecule has 0 aliphatic carbocycles. The predicted molar refractivity (Wildman–Crippen MR) is 74.2 cm³/mol. The maximum atomic E-state index is 12.9. The number of methoxy groups -OCH3 is 1. The lowest BCUT2D eigenvalue weighted by molar-refractivity contribution is -0.144. The van der Waals surface area contributed by atoms with Crippen LogP contribution in [0.4, 0.5) is 13.2 Å². The summed E-state index contributed by atoms with van der Waals surface area (Å²) < 4.78 is 43.4. The molecule has 0 saturated heterocycles. The molecule has 0 radical (unpaired) electrons. The van der Waals surface area contributed by atoms with Crippen molar-refractivity contribution in [3.05, 3.63) is 35.4 Å². The Balaban J connectivity index is 3.08. The summed E-state index contributed by atoms with van der Waals surface area (Å²) in [6.45, 7) is 3.51. The van der Waals surface area contributed by atoms with Crippen molar-refractivity contribution in [3.63, 3.8) is 0 Å². The van der Waals surface area contributed by atoms with Gasteiger partial charge in [-0.1, -0.05) is 32.4 Å². The van der Waals surface area contributed by atoms with Crippen molar-refractivity contribution < 1.29 is 27.5 Å². The number of rotatable bonds is 5. The largest absolute Gasteiger partial charge is 0.467 e. The summed E-state index contributed by atoms with van der Waals surface area (Å²) in [4.78, 5) is 23.8. The highest BCUT2D eigenvalue weighted by atomic mass is 19.4. The summed E-state index contributed by atoms with van der Waals surface area (Å²) in [6, 6.07) is 3.44. The van der Waals surface area contributed by atoms with Gasteiger partial charge >= 0.3 is 12.1 Å². The summed E-state index contributed by atoms with van der Waals surface area (Å²) in [5, 5.41) is 2.33. The first-order chi connectivity index (χ1) is 10.2. The Bertz CT molecular complexity index is 543. The first-order valence-electron chi connectivity index (χ1n) is 6.77. The zero-order valence-corrected chi connectivity index (χ0v) is 12.5. The van der Waals surface area contributed by atoms with Crippen LogP contribution in [0.25, 0.3) is 0 Å². The van der Waals surface area contributed by atoms with Crippen LogP contribution in [0.3, 0.4) is 0 Å². The molecule has 4 nitrogen and oxygen atoms in total. The van der Waals surface area contributed by atoms with E-state index >= 15 is 0 Å². The van der Waals surface area contributed by atoms with Gasteiger partial charge in [0.1, 0.15) is 6.04 Å². The minimum Gasteiger partial charge on any atom is -0.467 e. The highest BCUT2D eigenvalue weighted by Gasteiger charge is 2.36. The van der Waals surface area contributed by atoms with Gasteiger partial charge in [0.2, 0.25) is 0 Å². The second kappa shape index (κ2) is 7.29. The number of carbonyl (C=O) groups excluding carboxylic acids is 2. The lowest BCUT2D eigenvalue weighted by Crippen LogP contribution is -2.46. The van der Waals surface area contributed by atoms with Crippen LogP contribution in [0.15, 0.2) is 24.3 Å². The third-order valence-corrected chi connectivity index (χ3v) is 3.43. The zero-order valence-electron chi connectivity index (χ0n) is 12.5. The molecule has 0 spiro atoms. The van der Waals surface area contributed by atoms with Gasteiger partial charge in [0.25, 0.3) is 5.91 Å². The third-order valence-electron chi connectivity index (χ3n) is 3.43. The Morgan fingerprint density at radius 3 is 2.36 bits per heavy atom. The molecular formula is C15H18F3NO3. The number of ether oxygens (including phenoxy) is 1. The first kappa shape index (κ1) is 18.0. The van der Waals surface area contributed by atoms with E-state index in [-0.39, 0.29) is 5.92 Å². The maximum absolute atomic E-state index is 12.9. The molecule has 0 fully saturated rings. The molecule has 1 aromatic carbocycles. The quantitative estimate of drug-likeness (QED) is 0.849. The number of hydrogen-bond donors (Lipinski definition) is 1. The van der Waals surface area contributed by atoms with E-state index < -0.39 is 35.2 Å². The van der Waals surface area contributed by atoms with Crippen LogP contribution in [0.5, 0.6) is 0 Å². The van der Waals surface area contributed by atoms with E-state index in [2.05, 4.69) is 10.1 Å². The predicted octanol–water partition coefficient (Wildman–Crippen LogP) is 3.02. The molecule has 1 N–H and O–H groups in total. The number of nitrogens with one attached hydrogen (secondary N) is 1. The van der Waals surface area contributed by atoms with E-state index in [4.69, 9.17) is 0 Å². The number of amides is 1. The molecule has 0 bridgehead atoms. The molecule has 1 amide bonds. The second-order valence-electron chi connectivity index (χ2n) is 4.90. The molecule has 0 aliphatic heterocycles. The van der Waals surface area contributed by atoms with Crippen molar-refractivity contribution in [2.24, 2.45) is 5.92 Å². The van der Waals surface area contributed by atoms with Crippen molar-refractivity contribution in [1.29, 1.82) is 0 Å². The first-order valence-corrected chi connectivity index (χ1v) is 6.77. The molecule has 2 atom stereocenters. The monoisotopic (exact) mass is 317 g/mol. The zero-order chi connectivity index (χ0) is 16.9. The van der Waals surface area contributed by atoms with Gasteiger partial charge in [0.05, 0.1) is 18.2 Å². The fraction of sp³-hybridized carbons (Fsp3) is 0.467. The van der Waals surface area contributed by atoms with Gasteiger partial charge in [-0.2, -0.15) is 13.2 Å². The number of halogens is 3. The van der Waals surface area contributed by atoms with Crippen LogP contribution < -0.4 is 5.32 Å². The van der Waals surface area contributed by atoms with Crippen molar-refractivity contribution >= 4 is 11.9 Å². The molecular weight excluding hydrogens is 299 g/mol. The molecule has 7 heteroatoms. The van der Waals surface area contributed by atoms with E-state index in [9.17, 15) is 22.8 Å². The Morgan fingerprint density at radius 2 is 1.86 bits per heavy atom. The van der Waals surface area contributed by atoms with Gasteiger partial charge in [0, 0.05) is 0 Å². The van der Waals surface area contributed by atoms with E-state index in [1.807, 2.05) is 0 Å². The standard InChI is InChI=1S/C15H18F3NO3/c1-4-9(2)12(14(21)22-3)19-13(20)10-7-5-6-8-11(10)15(16,17)18/h5-9,12H,4H2,1-3H3,(H,19,20)/t9-,12+/m1/s1. The maximum Gasteiger partial charge on any atom is 0.417 e. The van der Waals surface area contributed by atoms with Crippen molar-refractivity contribution in [2.45, 2.75) is 32.5 Å². The molecule has 1 aromatic rings. The molecule has 1 rings (SSSR count). The molecule has 0 aromatic heterocycles. The van der Waals surface area contributed by atoms with Crippen molar-refractivity contribution in [2.75, 3.05) is 7.11 Å². The summed E-state index contributed by atoms with van der Waals surface area (Å²) in [5.74, 6) is -1.91. The highest BCUT2D eigenvalue weighted by molar-refractivity contribution is 5.98. The van der Waals surface area contributed by atoms with E-state index in [0.717, 1.165) is 19.2 Å². The van der Waals surface area contributed by atoms with Gasteiger partial charge in [-0.15, -0.1) is 0 Å². The number of hydrogen-bond acceptors (Lipinski definition) is 3. The topological polar surface area (TPSA) is 55.4 Å². The van der Waals surface area contributed by atoms with Crippen LogP contribution in [-0.2, 0) is 15.7 Å². The molecule has 0 aliphatic rings. The van der Waals surface area contributed by atoms with Gasteiger partial charge < -0.3 is 10.1 Å². The Morgan fingerprint density at radius 1 is 1.27 bits per heavy atom. The minimum absolute atomic E-state index is 0.269. The third kappa shape index (κ3) is 4.22. The second-order valence-corrected chi connectivity index (χ2v) is 4.90. The van der Waals surface area contributed by atoms with Crippen molar-refractivity contribution in [3.8, 4) is 0 Å². The normalized spacial score (nSPS) is 14.1. The minimum atomic E-state index is -4.65.